The minimum Gasteiger partial charge on any atom is -0.481 e. The summed E-state index contributed by atoms with van der Waals surface area (Å²) in [4.78, 5) is 27.3. The maximum Gasteiger partial charge on any atom is 0.422 e. The second-order valence-corrected chi connectivity index (χ2v) is 5.87. The maximum atomic E-state index is 12.2. The number of rotatable bonds is 7. The summed E-state index contributed by atoms with van der Waals surface area (Å²) >= 11 is 0. The van der Waals surface area contributed by atoms with Crippen LogP contribution >= 0.6 is 0 Å². The Labute approximate surface area is 147 Å². The van der Waals surface area contributed by atoms with Gasteiger partial charge in [0.15, 0.2) is 6.61 Å². The molecule has 0 aromatic carbocycles. The van der Waals surface area contributed by atoms with Crippen LogP contribution in [-0.2, 0) is 9.53 Å². The van der Waals surface area contributed by atoms with Gasteiger partial charge in [-0.2, -0.15) is 13.2 Å². The largest absolute Gasteiger partial charge is 0.481 e. The molecule has 1 amide bonds. The number of carbonyl (C=O) groups excluding carboxylic acids is 1. The average Bonchev–Trinajstić information content (AvgIpc) is 2.60. The van der Waals surface area contributed by atoms with Crippen LogP contribution in [0.5, 0.6) is 5.88 Å². The number of amides is 1. The summed E-state index contributed by atoms with van der Waals surface area (Å²) in [5, 5.41) is 11.8. The quantitative estimate of drug-likeness (QED) is 0.754. The van der Waals surface area contributed by atoms with Gasteiger partial charge in [-0.05, 0) is 24.8 Å². The molecule has 1 aromatic rings. The Balaban J connectivity index is 1.94. The van der Waals surface area contributed by atoms with Crippen LogP contribution < -0.4 is 10.1 Å². The molecule has 1 saturated heterocycles. The second-order valence-electron chi connectivity index (χ2n) is 5.87. The molecule has 0 saturated carbocycles. The van der Waals surface area contributed by atoms with E-state index in [0.717, 1.165) is 0 Å². The van der Waals surface area contributed by atoms with Gasteiger partial charge in [0, 0.05) is 25.8 Å². The number of alkyl halides is 3. The number of aromatic nitrogens is 1. The summed E-state index contributed by atoms with van der Waals surface area (Å²) in [7, 11) is 0. The number of ether oxygens (including phenoxy) is 2. The number of hydrogen-bond acceptors (Lipinski definition) is 5. The zero-order valence-corrected chi connectivity index (χ0v) is 13.8. The Morgan fingerprint density at radius 1 is 1.35 bits per heavy atom. The lowest BCUT2D eigenvalue weighted by molar-refractivity contribution is -0.154. The molecule has 2 heterocycles. The molecule has 1 unspecified atom stereocenters. The van der Waals surface area contributed by atoms with Crippen molar-refractivity contribution in [3.8, 4) is 5.88 Å². The molecule has 0 spiro atoms. The van der Waals surface area contributed by atoms with Crippen LogP contribution in [0.4, 0.5) is 13.2 Å². The molecule has 0 radical (unpaired) electrons. The number of carbonyl (C=O) groups is 2. The third kappa shape index (κ3) is 6.17. The van der Waals surface area contributed by atoms with Gasteiger partial charge >= 0.3 is 12.1 Å². The summed E-state index contributed by atoms with van der Waals surface area (Å²) in [5.74, 6) is -2.93. The highest BCUT2D eigenvalue weighted by Gasteiger charge is 2.30. The smallest absolute Gasteiger partial charge is 0.422 e. The first-order valence-electron chi connectivity index (χ1n) is 8.01. The van der Waals surface area contributed by atoms with Crippen LogP contribution in [0.25, 0.3) is 0 Å². The molecule has 1 aliphatic rings. The third-order valence-electron chi connectivity index (χ3n) is 3.97. The SMILES string of the molecule is O=C(NCC(C(=O)O)C1CCOCC1)c1cccc(OCC(F)(F)F)n1. The lowest BCUT2D eigenvalue weighted by atomic mass is 9.86. The van der Waals surface area contributed by atoms with E-state index in [2.05, 4.69) is 15.0 Å². The molecule has 10 heteroatoms. The van der Waals surface area contributed by atoms with Gasteiger partial charge in [0.05, 0.1) is 5.92 Å². The lowest BCUT2D eigenvalue weighted by Gasteiger charge is -2.27. The fourth-order valence-electron chi connectivity index (χ4n) is 2.64. The van der Waals surface area contributed by atoms with E-state index < -0.39 is 30.6 Å². The van der Waals surface area contributed by atoms with Gasteiger partial charge < -0.3 is 19.9 Å². The van der Waals surface area contributed by atoms with Crippen molar-refractivity contribution in [1.82, 2.24) is 10.3 Å². The van der Waals surface area contributed by atoms with Crippen molar-refractivity contribution < 1.29 is 37.3 Å². The molecule has 0 bridgehead atoms. The highest BCUT2D eigenvalue weighted by molar-refractivity contribution is 5.92. The Morgan fingerprint density at radius 2 is 2.04 bits per heavy atom. The predicted octanol–water partition coefficient (Wildman–Crippen LogP) is 1.88. The van der Waals surface area contributed by atoms with E-state index in [9.17, 15) is 27.9 Å². The van der Waals surface area contributed by atoms with Crippen LogP contribution in [0.2, 0.25) is 0 Å². The first kappa shape index (κ1) is 20.0. The van der Waals surface area contributed by atoms with Gasteiger partial charge in [-0.15, -0.1) is 0 Å². The summed E-state index contributed by atoms with van der Waals surface area (Å²) in [6, 6.07) is 3.84. The van der Waals surface area contributed by atoms with E-state index in [-0.39, 0.29) is 24.0 Å². The highest BCUT2D eigenvalue weighted by Crippen LogP contribution is 2.24. The Morgan fingerprint density at radius 3 is 2.65 bits per heavy atom. The van der Waals surface area contributed by atoms with Crippen molar-refractivity contribution in [3.63, 3.8) is 0 Å². The molecule has 26 heavy (non-hydrogen) atoms. The van der Waals surface area contributed by atoms with E-state index in [4.69, 9.17) is 4.74 Å². The second kappa shape index (κ2) is 8.84. The van der Waals surface area contributed by atoms with Gasteiger partial charge in [-0.1, -0.05) is 6.07 Å². The van der Waals surface area contributed by atoms with E-state index in [1.54, 1.807) is 0 Å². The first-order chi connectivity index (χ1) is 12.3. The summed E-state index contributed by atoms with van der Waals surface area (Å²) < 4.78 is 46.2. The number of aliphatic carboxylic acids is 1. The van der Waals surface area contributed by atoms with Gasteiger partial charge in [-0.3, -0.25) is 9.59 Å². The van der Waals surface area contributed by atoms with Gasteiger partial charge in [0.2, 0.25) is 5.88 Å². The van der Waals surface area contributed by atoms with Gasteiger partial charge in [-0.25, -0.2) is 4.98 Å². The molecular formula is C16H19F3N2O5. The summed E-state index contributed by atoms with van der Waals surface area (Å²) in [5.41, 5.74) is -0.152. The Kier molecular flexibility index (Phi) is 6.78. The molecule has 2 N–H and O–H groups in total. The van der Waals surface area contributed by atoms with Crippen LogP contribution in [0, 0.1) is 11.8 Å². The number of hydrogen-bond donors (Lipinski definition) is 2. The van der Waals surface area contributed by atoms with Crippen LogP contribution in [0.1, 0.15) is 23.3 Å². The molecule has 144 valence electrons. The Hall–Kier alpha value is -2.36. The van der Waals surface area contributed by atoms with Crippen molar-refractivity contribution >= 4 is 11.9 Å². The van der Waals surface area contributed by atoms with Crippen molar-refractivity contribution in [2.75, 3.05) is 26.4 Å². The maximum absolute atomic E-state index is 12.2. The van der Waals surface area contributed by atoms with Crippen molar-refractivity contribution in [1.29, 1.82) is 0 Å². The zero-order valence-electron chi connectivity index (χ0n) is 13.8. The minimum atomic E-state index is -4.52. The van der Waals surface area contributed by atoms with Crippen LogP contribution in [-0.4, -0.2) is 54.5 Å². The molecule has 1 aliphatic heterocycles. The third-order valence-corrected chi connectivity index (χ3v) is 3.97. The normalized spacial score (nSPS) is 16.7. The van der Waals surface area contributed by atoms with Crippen molar-refractivity contribution in [2.45, 2.75) is 19.0 Å². The van der Waals surface area contributed by atoms with Gasteiger partial charge in [0.25, 0.3) is 5.91 Å². The molecular weight excluding hydrogens is 357 g/mol. The number of nitrogens with zero attached hydrogens (tertiary/aromatic N) is 1. The van der Waals surface area contributed by atoms with Crippen molar-refractivity contribution in [2.24, 2.45) is 11.8 Å². The predicted molar refractivity (Wildman–Crippen MR) is 82.8 cm³/mol. The number of carboxylic acids is 1. The fourth-order valence-corrected chi connectivity index (χ4v) is 2.64. The van der Waals surface area contributed by atoms with Gasteiger partial charge in [0.1, 0.15) is 5.69 Å². The molecule has 0 aliphatic carbocycles. The van der Waals surface area contributed by atoms with E-state index in [0.29, 0.717) is 26.1 Å². The molecule has 1 atom stereocenters. The topological polar surface area (TPSA) is 97.8 Å². The fraction of sp³-hybridized carbons (Fsp3) is 0.562. The number of carboxylic acid groups (broad SMARTS) is 1. The molecule has 1 fully saturated rings. The monoisotopic (exact) mass is 376 g/mol. The van der Waals surface area contributed by atoms with E-state index in [1.165, 1.54) is 18.2 Å². The number of pyridine rings is 1. The highest BCUT2D eigenvalue weighted by atomic mass is 19.4. The summed E-state index contributed by atoms with van der Waals surface area (Å²) in [6.45, 7) is -0.671. The average molecular weight is 376 g/mol. The number of nitrogens with one attached hydrogen (secondary N) is 1. The lowest BCUT2D eigenvalue weighted by Crippen LogP contribution is -2.39. The Bertz CT molecular complexity index is 633. The minimum absolute atomic E-state index is 0.103. The molecule has 2 rings (SSSR count). The molecule has 7 nitrogen and oxygen atoms in total. The molecule has 1 aromatic heterocycles. The zero-order chi connectivity index (χ0) is 19.2. The van der Waals surface area contributed by atoms with Crippen molar-refractivity contribution in [3.05, 3.63) is 23.9 Å². The number of halogens is 3. The standard InChI is InChI=1S/C16H19F3N2O5/c17-16(18,19)9-26-13-3-1-2-12(21-13)14(22)20-8-11(15(23)24)10-4-6-25-7-5-10/h1-3,10-11H,4-9H2,(H,20,22)(H,23,24). The van der Waals surface area contributed by atoms with E-state index >= 15 is 0 Å². The van der Waals surface area contributed by atoms with Crippen LogP contribution in [0.3, 0.4) is 0 Å². The summed E-state index contributed by atoms with van der Waals surface area (Å²) in [6.07, 6.45) is -3.34. The first-order valence-corrected chi connectivity index (χ1v) is 8.01. The van der Waals surface area contributed by atoms with Crippen LogP contribution in [0.15, 0.2) is 18.2 Å². The van der Waals surface area contributed by atoms with E-state index in [1.807, 2.05) is 0 Å².